The predicted octanol–water partition coefficient (Wildman–Crippen LogP) is 1.58. The predicted molar refractivity (Wildman–Crippen MR) is 24.6 cm³/mol. The molecule has 0 aliphatic rings. The molecule has 3 nitrogen and oxygen atoms in total. The van der Waals surface area contributed by atoms with Crippen molar-refractivity contribution >= 4 is 5.90 Å². The van der Waals surface area contributed by atoms with E-state index in [4.69, 9.17) is 0 Å². The summed E-state index contributed by atoms with van der Waals surface area (Å²) < 4.78 is 60.8. The fourth-order valence-corrected chi connectivity index (χ4v) is 0.280. The SMILES string of the molecule is COC(=NF)C(F)(F)N(F)F. The van der Waals surface area contributed by atoms with Gasteiger partial charge in [0.15, 0.2) is 0 Å². The molecule has 0 fully saturated rings. The van der Waals surface area contributed by atoms with E-state index in [1.165, 1.54) is 5.21 Å². The van der Waals surface area contributed by atoms with E-state index in [0.29, 0.717) is 7.11 Å². The average molecular weight is 178 g/mol. The maximum absolute atomic E-state index is 11.9. The summed E-state index contributed by atoms with van der Waals surface area (Å²) >= 11 is 0. The molecule has 0 aromatic rings. The van der Waals surface area contributed by atoms with Gasteiger partial charge in [0, 0.05) is 0 Å². The lowest BCUT2D eigenvalue weighted by atomic mass is 10.6. The highest BCUT2D eigenvalue weighted by Gasteiger charge is 2.48. The van der Waals surface area contributed by atoms with Gasteiger partial charge in [-0.15, -0.1) is 0 Å². The minimum atomic E-state index is -4.83. The minimum absolute atomic E-state index is 0.593. The molecular formula is C3H3F5N2O. The third kappa shape index (κ3) is 2.00. The molecule has 66 valence electrons. The number of hydrogen-bond donors (Lipinski definition) is 0. The van der Waals surface area contributed by atoms with Crippen LogP contribution in [0.5, 0.6) is 0 Å². The van der Waals surface area contributed by atoms with E-state index < -0.39 is 17.3 Å². The van der Waals surface area contributed by atoms with E-state index in [-0.39, 0.29) is 0 Å². The van der Waals surface area contributed by atoms with Crippen LogP contribution in [0.15, 0.2) is 5.21 Å². The molecule has 0 aliphatic carbocycles. The van der Waals surface area contributed by atoms with Gasteiger partial charge in [-0.2, -0.15) is 8.78 Å². The summed E-state index contributed by atoms with van der Waals surface area (Å²) in [5, 5.41) is -1.18. The Hall–Kier alpha value is -0.920. The lowest BCUT2D eigenvalue weighted by molar-refractivity contribution is -0.303. The Balaban J connectivity index is 4.52. The van der Waals surface area contributed by atoms with Crippen molar-refractivity contribution in [3.05, 3.63) is 0 Å². The van der Waals surface area contributed by atoms with Crippen molar-refractivity contribution in [2.75, 3.05) is 7.11 Å². The normalized spacial score (nSPS) is 13.9. The molecule has 0 rings (SSSR count). The van der Waals surface area contributed by atoms with Crippen LogP contribution in [0, 0.1) is 0 Å². The Morgan fingerprint density at radius 3 is 2.00 bits per heavy atom. The van der Waals surface area contributed by atoms with Crippen molar-refractivity contribution in [3.63, 3.8) is 0 Å². The molecular weight excluding hydrogens is 175 g/mol. The second-order valence-electron chi connectivity index (χ2n) is 1.37. The van der Waals surface area contributed by atoms with Gasteiger partial charge in [0.1, 0.15) is 5.34 Å². The maximum atomic E-state index is 11.9. The van der Waals surface area contributed by atoms with Crippen molar-refractivity contribution < 1.29 is 27.0 Å². The van der Waals surface area contributed by atoms with Crippen LogP contribution in [-0.2, 0) is 4.74 Å². The van der Waals surface area contributed by atoms with Gasteiger partial charge in [0.2, 0.25) is 0 Å². The molecule has 8 heteroatoms. The van der Waals surface area contributed by atoms with Crippen molar-refractivity contribution in [2.24, 2.45) is 5.21 Å². The van der Waals surface area contributed by atoms with Gasteiger partial charge >= 0.3 is 11.9 Å². The molecule has 0 aromatic carbocycles. The lowest BCUT2D eigenvalue weighted by Gasteiger charge is -2.14. The van der Waals surface area contributed by atoms with Crippen LogP contribution < -0.4 is 0 Å². The molecule has 0 amide bonds. The van der Waals surface area contributed by atoms with Crippen molar-refractivity contribution in [1.29, 1.82) is 0 Å². The molecule has 0 bridgehead atoms. The zero-order valence-electron chi connectivity index (χ0n) is 5.19. The summed E-state index contributed by atoms with van der Waals surface area (Å²) in [4.78, 5) is 0. The highest BCUT2D eigenvalue weighted by Crippen LogP contribution is 2.23. The molecule has 0 N–H and O–H groups in total. The first kappa shape index (κ1) is 10.1. The fraction of sp³-hybridized carbons (Fsp3) is 0.667. The number of rotatable bonds is 2. The summed E-state index contributed by atoms with van der Waals surface area (Å²) in [5.74, 6) is -2.00. The van der Waals surface area contributed by atoms with Gasteiger partial charge in [0.05, 0.1) is 7.11 Å². The minimum Gasteiger partial charge on any atom is -0.477 e. The summed E-state index contributed by atoms with van der Waals surface area (Å²) in [6, 6.07) is -4.83. The topological polar surface area (TPSA) is 24.8 Å². The van der Waals surface area contributed by atoms with Crippen LogP contribution >= 0.6 is 0 Å². The van der Waals surface area contributed by atoms with Crippen molar-refractivity contribution in [1.82, 2.24) is 5.34 Å². The second kappa shape index (κ2) is 3.46. The zero-order valence-corrected chi connectivity index (χ0v) is 5.19. The smallest absolute Gasteiger partial charge is 0.435 e. The van der Waals surface area contributed by atoms with Gasteiger partial charge in [-0.25, -0.2) is 0 Å². The molecule has 0 radical (unpaired) electrons. The molecule has 0 spiro atoms. The van der Waals surface area contributed by atoms with Gasteiger partial charge in [-0.3, -0.25) is 0 Å². The van der Waals surface area contributed by atoms with E-state index in [1.807, 2.05) is 0 Å². The first-order valence-electron chi connectivity index (χ1n) is 2.19. The van der Waals surface area contributed by atoms with Crippen molar-refractivity contribution in [3.8, 4) is 0 Å². The first-order chi connectivity index (χ1) is 4.96. The number of alkyl halides is 2. The Morgan fingerprint density at radius 1 is 1.45 bits per heavy atom. The third-order valence-corrected chi connectivity index (χ3v) is 0.740. The van der Waals surface area contributed by atoms with Gasteiger partial charge in [-0.1, -0.05) is 13.4 Å². The van der Waals surface area contributed by atoms with Crippen LogP contribution in [0.2, 0.25) is 0 Å². The van der Waals surface area contributed by atoms with Crippen molar-refractivity contribution in [2.45, 2.75) is 6.05 Å². The van der Waals surface area contributed by atoms with E-state index >= 15 is 0 Å². The summed E-state index contributed by atoms with van der Waals surface area (Å²) in [7, 11) is 0.593. The molecule has 0 saturated carbocycles. The summed E-state index contributed by atoms with van der Waals surface area (Å²) in [6.07, 6.45) is 0. The van der Waals surface area contributed by atoms with E-state index in [1.54, 1.807) is 0 Å². The average Bonchev–Trinajstić information content (AvgIpc) is 1.89. The van der Waals surface area contributed by atoms with E-state index in [9.17, 15) is 22.2 Å². The van der Waals surface area contributed by atoms with Gasteiger partial charge in [-0.05, 0) is 5.21 Å². The van der Waals surface area contributed by atoms with Crippen LogP contribution in [0.25, 0.3) is 0 Å². The quantitative estimate of drug-likeness (QED) is 0.211. The Morgan fingerprint density at radius 2 is 1.91 bits per heavy atom. The monoisotopic (exact) mass is 178 g/mol. The van der Waals surface area contributed by atoms with Gasteiger partial charge in [0.25, 0.3) is 0 Å². The molecule has 0 aromatic heterocycles. The molecule has 0 unspecified atom stereocenters. The number of ether oxygens (including phenoxy) is 1. The molecule has 0 aliphatic heterocycles. The highest BCUT2D eigenvalue weighted by molar-refractivity contribution is 5.81. The Bertz CT molecular complexity index is 158. The van der Waals surface area contributed by atoms with Crippen LogP contribution in [0.3, 0.4) is 0 Å². The molecule has 0 saturated heterocycles. The molecule has 11 heavy (non-hydrogen) atoms. The Labute approximate surface area is 57.9 Å². The van der Waals surface area contributed by atoms with E-state index in [2.05, 4.69) is 4.74 Å². The molecule has 0 atom stereocenters. The van der Waals surface area contributed by atoms with Crippen LogP contribution in [-0.4, -0.2) is 24.4 Å². The molecule has 0 heterocycles. The first-order valence-corrected chi connectivity index (χ1v) is 2.19. The summed E-state index contributed by atoms with van der Waals surface area (Å²) in [5.41, 5.74) is 0. The fourth-order valence-electron chi connectivity index (χ4n) is 0.280. The lowest BCUT2D eigenvalue weighted by Crippen LogP contribution is -2.39. The van der Waals surface area contributed by atoms with Crippen LogP contribution in [0.4, 0.5) is 22.2 Å². The second-order valence-corrected chi connectivity index (χ2v) is 1.37. The third-order valence-electron chi connectivity index (χ3n) is 0.740. The maximum Gasteiger partial charge on any atom is 0.435 e. The number of nitrogens with zero attached hydrogens (tertiary/aromatic N) is 2. The van der Waals surface area contributed by atoms with E-state index in [0.717, 1.165) is 0 Å². The largest absolute Gasteiger partial charge is 0.477 e. The number of methoxy groups -OCH3 is 1. The Kier molecular flexibility index (Phi) is 3.18. The zero-order chi connectivity index (χ0) is 9.07. The van der Waals surface area contributed by atoms with Crippen LogP contribution in [0.1, 0.15) is 0 Å². The summed E-state index contributed by atoms with van der Waals surface area (Å²) in [6.45, 7) is 0. The standard InChI is InChI=1S/C3H3F5N2O/c1-11-2(9-6)3(4,5)10(7)8/h1H3. The van der Waals surface area contributed by atoms with Gasteiger partial charge < -0.3 is 4.74 Å². The highest BCUT2D eigenvalue weighted by atomic mass is 19.4. The number of halogens is 5. The number of hydrogen-bond acceptors (Lipinski definition) is 3.